The molecule has 0 spiro atoms. The molecule has 1 aliphatic heterocycles. The lowest BCUT2D eigenvalue weighted by molar-refractivity contribution is -0.384. The van der Waals surface area contributed by atoms with Gasteiger partial charge in [-0.25, -0.2) is 8.42 Å². The van der Waals surface area contributed by atoms with E-state index in [2.05, 4.69) is 19.2 Å². The van der Waals surface area contributed by atoms with E-state index in [4.69, 9.17) is 0 Å². The van der Waals surface area contributed by atoms with E-state index in [1.807, 2.05) is 36.2 Å². The second kappa shape index (κ2) is 8.48. The highest BCUT2D eigenvalue weighted by Crippen LogP contribution is 2.32. The minimum Gasteiger partial charge on any atom is -0.350 e. The van der Waals surface area contributed by atoms with Crippen LogP contribution in [-0.2, 0) is 10.0 Å². The first-order valence-corrected chi connectivity index (χ1v) is 11.0. The predicted molar refractivity (Wildman–Crippen MR) is 113 cm³/mol. The van der Waals surface area contributed by atoms with Crippen molar-refractivity contribution in [1.29, 1.82) is 0 Å². The molecule has 29 heavy (non-hydrogen) atoms. The van der Waals surface area contributed by atoms with Crippen LogP contribution in [-0.4, -0.2) is 55.8 Å². The number of hydrogen-bond donors (Lipinski definition) is 1. The molecule has 0 radical (unpaired) electrons. The molecule has 9 heteroatoms. The lowest BCUT2D eigenvalue weighted by Crippen LogP contribution is -2.47. The fraction of sp³-hybridized carbons (Fsp3) is 0.400. The van der Waals surface area contributed by atoms with Gasteiger partial charge in [0.25, 0.3) is 5.69 Å². The molecule has 0 unspecified atom stereocenters. The van der Waals surface area contributed by atoms with Gasteiger partial charge in [-0.1, -0.05) is 26.0 Å². The summed E-state index contributed by atoms with van der Waals surface area (Å²) in [6.07, 6.45) is 0. The minimum absolute atomic E-state index is 0.0607. The van der Waals surface area contributed by atoms with Crippen molar-refractivity contribution >= 4 is 27.1 Å². The second-order valence-electron chi connectivity index (χ2n) is 7.55. The first-order valence-electron chi connectivity index (χ1n) is 9.52. The number of nitro benzene ring substituents is 1. The number of rotatable bonds is 6. The molecule has 1 heterocycles. The molecule has 1 N–H and O–H groups in total. The number of nitro groups is 1. The highest BCUT2D eigenvalue weighted by Gasteiger charge is 2.29. The van der Waals surface area contributed by atoms with Crippen molar-refractivity contribution in [2.75, 3.05) is 38.5 Å². The third-order valence-corrected chi connectivity index (χ3v) is 7.02. The normalized spacial score (nSPS) is 16.1. The van der Waals surface area contributed by atoms with Crippen LogP contribution in [0.15, 0.2) is 47.4 Å². The lowest BCUT2D eigenvalue weighted by atomic mass is 10.0. The topological polar surface area (TPSA) is 95.8 Å². The van der Waals surface area contributed by atoms with E-state index in [0.29, 0.717) is 37.8 Å². The van der Waals surface area contributed by atoms with Gasteiger partial charge in [0.1, 0.15) is 5.69 Å². The van der Waals surface area contributed by atoms with Gasteiger partial charge in [0.2, 0.25) is 10.0 Å². The highest BCUT2D eigenvalue weighted by atomic mass is 32.2. The second-order valence-corrected chi connectivity index (χ2v) is 9.48. The van der Waals surface area contributed by atoms with E-state index in [1.165, 1.54) is 22.0 Å². The predicted octanol–water partition coefficient (Wildman–Crippen LogP) is 3.40. The molecule has 0 aromatic heterocycles. The number of hydrogen-bond acceptors (Lipinski definition) is 6. The Morgan fingerprint density at radius 2 is 1.66 bits per heavy atom. The van der Waals surface area contributed by atoms with Gasteiger partial charge in [-0.15, -0.1) is 0 Å². The molecular formula is C20H26N4O4S. The van der Waals surface area contributed by atoms with Crippen LogP contribution in [0.5, 0.6) is 0 Å². The fourth-order valence-electron chi connectivity index (χ4n) is 3.21. The van der Waals surface area contributed by atoms with Gasteiger partial charge >= 0.3 is 0 Å². The first-order chi connectivity index (χ1) is 13.7. The van der Waals surface area contributed by atoms with Crippen molar-refractivity contribution in [1.82, 2.24) is 9.21 Å². The number of piperazine rings is 1. The monoisotopic (exact) mass is 418 g/mol. The zero-order valence-corrected chi connectivity index (χ0v) is 17.6. The maximum absolute atomic E-state index is 12.9. The van der Waals surface area contributed by atoms with Gasteiger partial charge in [0.05, 0.1) is 9.82 Å². The zero-order valence-electron chi connectivity index (χ0n) is 16.8. The summed E-state index contributed by atoms with van der Waals surface area (Å²) in [6, 6.07) is 11.7. The quantitative estimate of drug-likeness (QED) is 0.571. The molecule has 0 amide bonds. The molecule has 1 fully saturated rings. The molecule has 2 aromatic rings. The van der Waals surface area contributed by atoms with Crippen molar-refractivity contribution in [2.45, 2.75) is 24.7 Å². The van der Waals surface area contributed by atoms with Crippen LogP contribution in [0.1, 0.15) is 25.3 Å². The largest absolute Gasteiger partial charge is 0.350 e. The summed E-state index contributed by atoms with van der Waals surface area (Å²) in [5.74, 6) is 0.387. The van der Waals surface area contributed by atoms with Gasteiger partial charge in [0, 0.05) is 37.9 Å². The van der Waals surface area contributed by atoms with Crippen LogP contribution < -0.4 is 5.32 Å². The summed E-state index contributed by atoms with van der Waals surface area (Å²) in [6.45, 7) is 6.18. The molecule has 2 aromatic carbocycles. The summed E-state index contributed by atoms with van der Waals surface area (Å²) >= 11 is 0. The molecule has 1 aliphatic rings. The SMILES string of the molecule is CC(C)c1ccc(Nc2ccc(S(=O)(=O)N3CCN(C)CC3)cc2[N+](=O)[O-])cc1. The average molecular weight is 419 g/mol. The van der Waals surface area contributed by atoms with E-state index in [0.717, 1.165) is 6.07 Å². The summed E-state index contributed by atoms with van der Waals surface area (Å²) in [7, 11) is -1.84. The molecule has 0 atom stereocenters. The Bertz CT molecular complexity index is 982. The fourth-order valence-corrected chi connectivity index (χ4v) is 4.66. The zero-order chi connectivity index (χ0) is 21.2. The molecule has 156 valence electrons. The van der Waals surface area contributed by atoms with Crippen LogP contribution >= 0.6 is 0 Å². The Kier molecular flexibility index (Phi) is 6.21. The van der Waals surface area contributed by atoms with Gasteiger partial charge in [-0.05, 0) is 42.8 Å². The Morgan fingerprint density at radius 3 is 2.21 bits per heavy atom. The van der Waals surface area contributed by atoms with Crippen LogP contribution in [0.2, 0.25) is 0 Å². The van der Waals surface area contributed by atoms with Crippen LogP contribution in [0.25, 0.3) is 0 Å². The van der Waals surface area contributed by atoms with Gasteiger partial charge in [0.15, 0.2) is 0 Å². The third-order valence-electron chi connectivity index (χ3n) is 5.12. The summed E-state index contributed by atoms with van der Waals surface area (Å²) in [4.78, 5) is 13.0. The van der Waals surface area contributed by atoms with E-state index in [9.17, 15) is 18.5 Å². The number of nitrogens with one attached hydrogen (secondary N) is 1. The number of likely N-dealkylation sites (N-methyl/N-ethyl adjacent to an activating group) is 1. The Hall–Kier alpha value is -2.49. The van der Waals surface area contributed by atoms with Crippen molar-refractivity contribution < 1.29 is 13.3 Å². The molecule has 0 saturated carbocycles. The van der Waals surface area contributed by atoms with Gasteiger partial charge < -0.3 is 10.2 Å². The van der Waals surface area contributed by atoms with Crippen LogP contribution in [0, 0.1) is 10.1 Å². The number of sulfonamides is 1. The molecule has 0 aliphatic carbocycles. The molecular weight excluding hydrogens is 392 g/mol. The Balaban J connectivity index is 1.88. The van der Waals surface area contributed by atoms with Crippen molar-refractivity contribution in [3.63, 3.8) is 0 Å². The van der Waals surface area contributed by atoms with Gasteiger partial charge in [-0.2, -0.15) is 4.31 Å². The van der Waals surface area contributed by atoms with Crippen LogP contribution in [0.3, 0.4) is 0 Å². The third kappa shape index (κ3) is 4.75. The van der Waals surface area contributed by atoms with Gasteiger partial charge in [-0.3, -0.25) is 10.1 Å². The molecule has 3 rings (SSSR count). The number of nitrogens with zero attached hydrogens (tertiary/aromatic N) is 3. The van der Waals surface area contributed by atoms with Crippen LogP contribution in [0.4, 0.5) is 17.1 Å². The summed E-state index contributed by atoms with van der Waals surface area (Å²) in [5.41, 5.74) is 1.85. The van der Waals surface area contributed by atoms with E-state index in [-0.39, 0.29) is 16.3 Å². The summed E-state index contributed by atoms with van der Waals surface area (Å²) in [5, 5.41) is 14.6. The number of benzene rings is 2. The standard InChI is InChI=1S/C20H26N4O4S/c1-15(2)16-4-6-17(7-5-16)21-19-9-8-18(14-20(19)24(25)26)29(27,28)23-12-10-22(3)11-13-23/h4-9,14-15,21H,10-13H2,1-3H3. The Labute approximate surface area is 171 Å². The smallest absolute Gasteiger partial charge is 0.294 e. The maximum atomic E-state index is 12.9. The number of anilines is 2. The van der Waals surface area contributed by atoms with Crippen molar-refractivity contribution in [3.05, 3.63) is 58.1 Å². The van der Waals surface area contributed by atoms with Crippen molar-refractivity contribution in [2.24, 2.45) is 0 Å². The molecule has 0 bridgehead atoms. The highest BCUT2D eigenvalue weighted by molar-refractivity contribution is 7.89. The average Bonchev–Trinajstić information content (AvgIpc) is 2.68. The van der Waals surface area contributed by atoms with E-state index >= 15 is 0 Å². The molecule has 1 saturated heterocycles. The first kappa shape index (κ1) is 21.2. The lowest BCUT2D eigenvalue weighted by Gasteiger charge is -2.31. The van der Waals surface area contributed by atoms with E-state index in [1.54, 1.807) is 0 Å². The van der Waals surface area contributed by atoms with E-state index < -0.39 is 14.9 Å². The summed E-state index contributed by atoms with van der Waals surface area (Å²) < 4.78 is 27.2. The Morgan fingerprint density at radius 1 is 1.03 bits per heavy atom. The minimum atomic E-state index is -3.77. The van der Waals surface area contributed by atoms with Crippen molar-refractivity contribution in [3.8, 4) is 0 Å². The molecule has 8 nitrogen and oxygen atoms in total. The maximum Gasteiger partial charge on any atom is 0.294 e.